The van der Waals surface area contributed by atoms with E-state index in [1.807, 2.05) is 0 Å². The van der Waals surface area contributed by atoms with E-state index in [9.17, 15) is 0 Å². The molecule has 0 aromatic carbocycles. The molecule has 0 rings (SSSR count). The molecular weight excluding hydrogens is 160 g/mol. The van der Waals surface area contributed by atoms with Crippen molar-refractivity contribution in [2.75, 3.05) is 0 Å². The van der Waals surface area contributed by atoms with Crippen LogP contribution in [0, 0.1) is 13.2 Å². The molecule has 0 saturated heterocycles. The number of carboxylic acids is 1. The quantitative estimate of drug-likeness (QED) is 0.361. The van der Waals surface area contributed by atoms with Crippen LogP contribution < -0.4 is 0 Å². The van der Waals surface area contributed by atoms with Crippen LogP contribution in [0.5, 0.6) is 0 Å². The summed E-state index contributed by atoms with van der Waals surface area (Å²) >= 11 is 0. The van der Waals surface area contributed by atoms with Gasteiger partial charge in [-0.25, -0.2) is 0 Å². The Kier molecular flexibility index (Phi) is 27.5. The fourth-order valence-corrected chi connectivity index (χ4v) is 0. The Morgan fingerprint density at radius 2 is 1.56 bits per heavy atom. The molecule has 0 saturated carbocycles. The van der Waals surface area contributed by atoms with E-state index in [4.69, 9.17) is 23.1 Å². The average Bonchev–Trinajstić information content (AvgIpc) is 1.65. The molecule has 52 valence electrons. The predicted octanol–water partition coefficient (Wildman–Crippen LogP) is 1.05. The van der Waals surface area contributed by atoms with Crippen molar-refractivity contribution in [2.24, 2.45) is 0 Å². The zero-order chi connectivity index (χ0) is 6.99. The van der Waals surface area contributed by atoms with E-state index >= 15 is 0 Å². The van der Waals surface area contributed by atoms with E-state index in [-0.39, 0.29) is 17.1 Å². The number of carbonyl (C=O) groups is 1. The molecule has 0 aliphatic rings. The van der Waals surface area contributed by atoms with Crippen LogP contribution in [0.1, 0.15) is 6.92 Å². The van der Waals surface area contributed by atoms with Gasteiger partial charge in [0.2, 0.25) is 0 Å². The molecule has 0 unspecified atom stereocenters. The van der Waals surface area contributed by atoms with E-state index in [2.05, 4.69) is 0 Å². The summed E-state index contributed by atoms with van der Waals surface area (Å²) in [5.74, 6) is -0.833. The number of hydrogen-bond acceptors (Lipinski definition) is 1. The third kappa shape index (κ3) is 1010. The van der Waals surface area contributed by atoms with Gasteiger partial charge in [0.1, 0.15) is 0 Å². The van der Waals surface area contributed by atoms with Gasteiger partial charge in [0.15, 0.2) is 0 Å². The Hall–Kier alpha value is -0.531. The summed E-state index contributed by atoms with van der Waals surface area (Å²) in [5.41, 5.74) is 0. The Balaban J connectivity index is -0.0000000720. The molecule has 0 spiro atoms. The van der Waals surface area contributed by atoms with E-state index < -0.39 is 5.97 Å². The zero-order valence-corrected chi connectivity index (χ0v) is 6.12. The minimum absolute atomic E-state index is 0. The fraction of sp³-hybridized carbons (Fsp3) is 0.167. The van der Waals surface area contributed by atoms with Gasteiger partial charge in [-0.2, -0.15) is 0 Å². The van der Waals surface area contributed by atoms with Crippen LogP contribution in [0.15, 0.2) is 12.2 Å². The summed E-state index contributed by atoms with van der Waals surface area (Å²) in [6.07, 6.45) is 2.56. The Morgan fingerprint density at radius 3 is 1.56 bits per heavy atom. The zero-order valence-electron chi connectivity index (χ0n) is 5.02. The van der Waals surface area contributed by atoms with Crippen molar-refractivity contribution in [3.05, 3.63) is 25.3 Å². The van der Waals surface area contributed by atoms with E-state index in [1.54, 1.807) is 0 Å². The van der Waals surface area contributed by atoms with Crippen LogP contribution in [0.3, 0.4) is 0 Å². The molecule has 0 fully saturated rings. The Labute approximate surface area is 65.7 Å². The van der Waals surface area contributed by atoms with Crippen LogP contribution in [-0.2, 0) is 21.9 Å². The average molecular weight is 168 g/mol. The molecule has 0 aliphatic heterocycles. The number of allylic oxidation sites excluding steroid dienone is 2. The van der Waals surface area contributed by atoms with Crippen molar-refractivity contribution >= 4 is 5.97 Å². The van der Waals surface area contributed by atoms with Gasteiger partial charge < -0.3 is 30.4 Å². The molecule has 0 atom stereocenters. The number of hydrogen-bond donors (Lipinski definition) is 1. The van der Waals surface area contributed by atoms with Gasteiger partial charge in [0.25, 0.3) is 5.97 Å². The molecule has 0 amide bonds. The third-order valence-electron chi connectivity index (χ3n) is 0.111. The number of carboxylic acid groups (broad SMARTS) is 1. The van der Waals surface area contributed by atoms with Gasteiger partial charge in [-0.3, -0.25) is 4.79 Å². The molecule has 0 bridgehead atoms. The van der Waals surface area contributed by atoms with Crippen molar-refractivity contribution in [1.82, 2.24) is 0 Å². The van der Waals surface area contributed by atoms with Crippen LogP contribution in [0.25, 0.3) is 0 Å². The van der Waals surface area contributed by atoms with Crippen molar-refractivity contribution in [1.29, 1.82) is 0 Å². The van der Waals surface area contributed by atoms with E-state index in [0.29, 0.717) is 0 Å². The van der Waals surface area contributed by atoms with Crippen molar-refractivity contribution in [2.45, 2.75) is 6.92 Å². The second kappa shape index (κ2) is 15.7. The Morgan fingerprint density at radius 1 is 1.44 bits per heavy atom. The Bertz CT molecular complexity index is 79.1. The van der Waals surface area contributed by atoms with E-state index in [1.165, 1.54) is 12.2 Å². The van der Waals surface area contributed by atoms with Gasteiger partial charge in [-0.05, 0) is 0 Å². The minimum atomic E-state index is -0.833. The molecular formula is C6H8FeO2. The maximum Gasteiger partial charge on any atom is 2.00 e. The fourth-order valence-electron chi connectivity index (χ4n) is 0. The first kappa shape index (κ1) is 15.8. The molecule has 1 N–H and O–H groups in total. The number of aliphatic carboxylic acids is 1. The summed E-state index contributed by atoms with van der Waals surface area (Å²) in [6, 6.07) is 0. The second-order valence-corrected chi connectivity index (χ2v) is 0.904. The van der Waals surface area contributed by atoms with Crippen molar-refractivity contribution in [3.63, 3.8) is 0 Å². The van der Waals surface area contributed by atoms with Gasteiger partial charge in [0.05, 0.1) is 0 Å². The summed E-state index contributed by atoms with van der Waals surface area (Å²) in [5, 5.41) is 7.42. The van der Waals surface area contributed by atoms with Gasteiger partial charge in [-0.1, -0.05) is 0 Å². The monoisotopic (exact) mass is 168 g/mol. The van der Waals surface area contributed by atoms with Crippen LogP contribution in [-0.4, -0.2) is 11.1 Å². The molecule has 9 heavy (non-hydrogen) atoms. The molecule has 3 heteroatoms. The van der Waals surface area contributed by atoms with Gasteiger partial charge >= 0.3 is 17.1 Å². The molecule has 0 aromatic heterocycles. The topological polar surface area (TPSA) is 37.3 Å². The summed E-state index contributed by atoms with van der Waals surface area (Å²) in [4.78, 5) is 9.00. The molecule has 0 radical (unpaired) electrons. The SMILES string of the molecule is CC(=O)O.[CH-]=CC=[CH-].[Fe+2]. The van der Waals surface area contributed by atoms with Gasteiger partial charge in [-0.15, -0.1) is 0 Å². The van der Waals surface area contributed by atoms with Crippen LogP contribution in [0.4, 0.5) is 0 Å². The molecule has 0 heterocycles. The predicted molar refractivity (Wildman–Crippen MR) is 31.0 cm³/mol. The standard InChI is InChI=1S/C4H4.C2H4O2.Fe/c1-3-4-2;1-2(3)4;/h1-4H;1H3,(H,3,4);/q-2;;+2. The largest absolute Gasteiger partial charge is 2.00 e. The maximum absolute atomic E-state index is 9.00. The summed E-state index contributed by atoms with van der Waals surface area (Å²) in [7, 11) is 0. The normalized spacial score (nSPS) is 5.00. The second-order valence-electron chi connectivity index (χ2n) is 0.904. The summed E-state index contributed by atoms with van der Waals surface area (Å²) in [6.45, 7) is 10.5. The molecule has 2 nitrogen and oxygen atoms in total. The summed E-state index contributed by atoms with van der Waals surface area (Å²) < 4.78 is 0. The van der Waals surface area contributed by atoms with Crippen molar-refractivity contribution in [3.8, 4) is 0 Å². The first-order valence-corrected chi connectivity index (χ1v) is 1.93. The van der Waals surface area contributed by atoms with Crippen LogP contribution in [0.2, 0.25) is 0 Å². The third-order valence-corrected chi connectivity index (χ3v) is 0.111. The molecule has 0 aromatic rings. The molecule has 0 aliphatic carbocycles. The van der Waals surface area contributed by atoms with E-state index in [0.717, 1.165) is 6.92 Å². The smallest absolute Gasteiger partial charge is 0.481 e. The number of rotatable bonds is 1. The first-order valence-electron chi connectivity index (χ1n) is 1.93. The van der Waals surface area contributed by atoms with Gasteiger partial charge in [0, 0.05) is 6.92 Å². The van der Waals surface area contributed by atoms with Crippen molar-refractivity contribution < 1.29 is 27.0 Å². The minimum Gasteiger partial charge on any atom is -0.481 e. The maximum atomic E-state index is 9.00. The van der Waals surface area contributed by atoms with Crippen LogP contribution >= 0.6 is 0 Å². The first-order chi connectivity index (χ1) is 3.65.